The van der Waals surface area contributed by atoms with Crippen molar-refractivity contribution >= 4 is 17.8 Å². The minimum Gasteiger partial charge on any atom is -0.379 e. The van der Waals surface area contributed by atoms with Crippen molar-refractivity contribution in [2.45, 2.75) is 45.1 Å². The maximum atomic E-state index is 12.9. The Labute approximate surface area is 207 Å². The molecule has 2 heterocycles. The lowest BCUT2D eigenvalue weighted by Crippen LogP contribution is -2.52. The van der Waals surface area contributed by atoms with Crippen LogP contribution in [0.3, 0.4) is 0 Å². The lowest BCUT2D eigenvalue weighted by molar-refractivity contribution is -0.128. The average molecular weight is 480 g/mol. The average Bonchev–Trinajstić information content (AvgIpc) is 2.88. The number of nitrogens with one attached hydrogen (secondary N) is 5. The van der Waals surface area contributed by atoms with Gasteiger partial charge in [0.1, 0.15) is 6.04 Å². The Hall–Kier alpha value is -3.46. The number of nitrogens with zero attached hydrogens (tertiary/aromatic N) is 2. The van der Waals surface area contributed by atoms with Crippen LogP contribution in [0.2, 0.25) is 0 Å². The third-order valence-corrected chi connectivity index (χ3v) is 5.76. The molecule has 0 radical (unpaired) electrons. The van der Waals surface area contributed by atoms with Gasteiger partial charge in [-0.2, -0.15) is 0 Å². The topological polar surface area (TPSA) is 120 Å². The molecule has 3 rings (SSSR count). The van der Waals surface area contributed by atoms with E-state index in [0.29, 0.717) is 19.0 Å². The van der Waals surface area contributed by atoms with Gasteiger partial charge < -0.3 is 26.6 Å². The first kappa shape index (κ1) is 26.2. The normalized spacial score (nSPS) is 19.9. The summed E-state index contributed by atoms with van der Waals surface area (Å²) in [6.45, 7) is 4.43. The lowest BCUT2D eigenvalue weighted by Gasteiger charge is -2.20. The summed E-state index contributed by atoms with van der Waals surface area (Å²) in [4.78, 5) is 33.9. The molecule has 0 aliphatic carbocycles. The van der Waals surface area contributed by atoms with Crippen molar-refractivity contribution in [3.05, 3.63) is 65.6 Å². The standard InChI is InChI=1S/C26H37N7O2/c1-2-8-22-17-27-13-5-11-20-9-3-4-10-21(20)12-6-14-28-25(35)23(33-24(34)19-31-22)18-32-26-29-15-7-16-30-26/h3-4,7-10,15-16,23,27,31H,2,5-6,11-14,17-19H2,1H3,(H,28,35)(H,33,34)(H,29,30,32). The Kier molecular flexibility index (Phi) is 11.0. The molecule has 1 aliphatic rings. The van der Waals surface area contributed by atoms with Crippen LogP contribution in [0.25, 0.3) is 0 Å². The van der Waals surface area contributed by atoms with Gasteiger partial charge in [-0.05, 0) is 55.8 Å². The second-order valence-corrected chi connectivity index (χ2v) is 8.51. The van der Waals surface area contributed by atoms with E-state index in [-0.39, 0.29) is 24.9 Å². The number of benzene rings is 1. The third kappa shape index (κ3) is 9.36. The zero-order chi connectivity index (χ0) is 24.7. The van der Waals surface area contributed by atoms with E-state index >= 15 is 0 Å². The molecule has 0 saturated carbocycles. The van der Waals surface area contributed by atoms with Gasteiger partial charge in [-0.25, -0.2) is 9.97 Å². The van der Waals surface area contributed by atoms with E-state index in [1.807, 2.05) is 0 Å². The fourth-order valence-electron chi connectivity index (χ4n) is 3.97. The molecule has 188 valence electrons. The summed E-state index contributed by atoms with van der Waals surface area (Å²) in [5.41, 5.74) is 3.66. The van der Waals surface area contributed by atoms with Crippen molar-refractivity contribution < 1.29 is 9.59 Å². The molecule has 2 amide bonds. The Morgan fingerprint density at radius 2 is 1.69 bits per heavy atom. The van der Waals surface area contributed by atoms with E-state index in [1.54, 1.807) is 18.5 Å². The van der Waals surface area contributed by atoms with Gasteiger partial charge in [0, 0.05) is 37.7 Å². The molecule has 5 N–H and O–H groups in total. The van der Waals surface area contributed by atoms with E-state index in [9.17, 15) is 9.59 Å². The van der Waals surface area contributed by atoms with Crippen molar-refractivity contribution in [2.24, 2.45) is 0 Å². The monoisotopic (exact) mass is 479 g/mol. The van der Waals surface area contributed by atoms with Crippen LogP contribution in [0.4, 0.5) is 5.95 Å². The van der Waals surface area contributed by atoms with Crippen molar-refractivity contribution in [3.63, 3.8) is 0 Å². The largest absolute Gasteiger partial charge is 0.379 e. The highest BCUT2D eigenvalue weighted by Gasteiger charge is 2.21. The summed E-state index contributed by atoms with van der Waals surface area (Å²) in [5.74, 6) is -0.0804. The number of fused-ring (bicyclic) bond motifs is 1. The van der Waals surface area contributed by atoms with Gasteiger partial charge in [0.05, 0.1) is 6.54 Å². The number of hydrogen-bond acceptors (Lipinski definition) is 7. The van der Waals surface area contributed by atoms with Gasteiger partial charge in [-0.1, -0.05) is 37.3 Å². The summed E-state index contributed by atoms with van der Waals surface area (Å²) < 4.78 is 0. The summed E-state index contributed by atoms with van der Waals surface area (Å²) in [5, 5.41) is 15.5. The van der Waals surface area contributed by atoms with Crippen LogP contribution < -0.4 is 26.6 Å². The molecule has 9 nitrogen and oxygen atoms in total. The van der Waals surface area contributed by atoms with Crippen LogP contribution in [-0.4, -0.2) is 60.5 Å². The molecule has 1 atom stereocenters. The number of amides is 2. The molecule has 1 unspecified atom stereocenters. The highest BCUT2D eigenvalue weighted by molar-refractivity contribution is 5.88. The van der Waals surface area contributed by atoms with Gasteiger partial charge in [-0.3, -0.25) is 9.59 Å². The Morgan fingerprint density at radius 3 is 2.40 bits per heavy atom. The molecule has 0 spiro atoms. The zero-order valence-electron chi connectivity index (χ0n) is 20.5. The first-order valence-electron chi connectivity index (χ1n) is 12.4. The molecule has 0 saturated heterocycles. The van der Waals surface area contributed by atoms with Crippen molar-refractivity contribution in [1.82, 2.24) is 31.2 Å². The van der Waals surface area contributed by atoms with Crippen LogP contribution in [0, 0.1) is 0 Å². The molecule has 0 bridgehead atoms. The minimum absolute atomic E-state index is 0.0898. The van der Waals surface area contributed by atoms with Crippen LogP contribution in [0.15, 0.2) is 54.5 Å². The molecular weight excluding hydrogens is 442 g/mol. The number of carbonyl (C=O) groups excluding carboxylic acids is 2. The Balaban J connectivity index is 1.68. The molecule has 1 aromatic carbocycles. The molecule has 35 heavy (non-hydrogen) atoms. The maximum absolute atomic E-state index is 12.9. The molecule has 1 aromatic heterocycles. The molecule has 0 fully saturated rings. The molecule has 2 aromatic rings. The SMILES string of the molecule is CCC=C1CNCCCc2ccccc2CCCNC(=O)C(CNc2ncccn2)NC(=O)CN1. The maximum Gasteiger partial charge on any atom is 0.244 e. The van der Waals surface area contributed by atoms with Gasteiger partial charge in [-0.15, -0.1) is 0 Å². The lowest BCUT2D eigenvalue weighted by atomic mass is 9.99. The van der Waals surface area contributed by atoms with E-state index in [1.165, 1.54) is 11.1 Å². The van der Waals surface area contributed by atoms with Crippen molar-refractivity contribution in [1.29, 1.82) is 0 Å². The number of anilines is 1. The summed E-state index contributed by atoms with van der Waals surface area (Å²) in [7, 11) is 0. The van der Waals surface area contributed by atoms with Gasteiger partial charge in [0.2, 0.25) is 17.8 Å². The number of aromatic nitrogens is 2. The van der Waals surface area contributed by atoms with E-state index in [2.05, 4.69) is 73.8 Å². The second-order valence-electron chi connectivity index (χ2n) is 8.51. The zero-order valence-corrected chi connectivity index (χ0v) is 20.5. The number of aryl methyl sites for hydroxylation is 2. The predicted octanol–water partition coefficient (Wildman–Crippen LogP) is 1.54. The van der Waals surface area contributed by atoms with Gasteiger partial charge >= 0.3 is 0 Å². The number of rotatable bonds is 4. The van der Waals surface area contributed by atoms with Gasteiger partial charge in [0.15, 0.2) is 0 Å². The highest BCUT2D eigenvalue weighted by atomic mass is 16.2. The van der Waals surface area contributed by atoms with Crippen LogP contribution in [-0.2, 0) is 22.4 Å². The second kappa shape index (κ2) is 14.7. The fraction of sp³-hybridized carbons (Fsp3) is 0.462. The first-order valence-corrected chi connectivity index (χ1v) is 12.4. The molecular formula is C26H37N7O2. The highest BCUT2D eigenvalue weighted by Crippen LogP contribution is 2.13. The summed E-state index contributed by atoms with van der Waals surface area (Å²) in [6.07, 6.45) is 9.94. The predicted molar refractivity (Wildman–Crippen MR) is 138 cm³/mol. The Morgan fingerprint density at radius 1 is 0.971 bits per heavy atom. The van der Waals surface area contributed by atoms with Crippen LogP contribution in [0.5, 0.6) is 0 Å². The van der Waals surface area contributed by atoms with Gasteiger partial charge in [0.25, 0.3) is 0 Å². The van der Waals surface area contributed by atoms with Crippen LogP contribution >= 0.6 is 0 Å². The Bertz CT molecular complexity index is 965. The number of allylic oxidation sites excluding steroid dienone is 1. The van der Waals surface area contributed by atoms with Crippen molar-refractivity contribution in [2.75, 3.05) is 38.0 Å². The van der Waals surface area contributed by atoms with E-state index < -0.39 is 6.04 Å². The first-order chi connectivity index (χ1) is 17.2. The molecule has 1 aliphatic heterocycles. The fourth-order valence-corrected chi connectivity index (χ4v) is 3.97. The smallest absolute Gasteiger partial charge is 0.244 e. The number of hydrogen-bond donors (Lipinski definition) is 5. The van der Waals surface area contributed by atoms with E-state index in [4.69, 9.17) is 0 Å². The van der Waals surface area contributed by atoms with Crippen LogP contribution in [0.1, 0.15) is 37.3 Å². The summed E-state index contributed by atoms with van der Waals surface area (Å²) >= 11 is 0. The summed E-state index contributed by atoms with van der Waals surface area (Å²) in [6, 6.07) is 9.48. The number of carbonyl (C=O) groups is 2. The quantitative estimate of drug-likeness (QED) is 0.451. The minimum atomic E-state index is -0.754. The molecule has 9 heteroatoms. The van der Waals surface area contributed by atoms with E-state index in [0.717, 1.165) is 44.3 Å². The van der Waals surface area contributed by atoms with Crippen molar-refractivity contribution in [3.8, 4) is 0 Å². The third-order valence-electron chi connectivity index (χ3n) is 5.76.